The highest BCUT2D eigenvalue weighted by Gasteiger charge is 2.30. The fourth-order valence-corrected chi connectivity index (χ4v) is 2.67. The largest absolute Gasteiger partial charge is 0.324 e. The number of Topliss-reactive ketones (excluding diaryl/α,β-unsaturated/α-hetero) is 1. The summed E-state index contributed by atoms with van der Waals surface area (Å²) in [6, 6.07) is 14.9. The van der Waals surface area contributed by atoms with Gasteiger partial charge in [0.15, 0.2) is 11.7 Å². The molecule has 1 amide bonds. The minimum absolute atomic E-state index is 0.280. The fraction of sp³-hybridized carbons (Fsp3) is 0.158. The molecule has 0 bridgehead atoms. The lowest BCUT2D eigenvalue weighted by molar-refractivity contribution is -0.117. The molecule has 1 unspecified atom stereocenters. The van der Waals surface area contributed by atoms with Gasteiger partial charge in [0.2, 0.25) is 5.91 Å². The Morgan fingerprint density at radius 1 is 1.20 bits per heavy atom. The van der Waals surface area contributed by atoms with Gasteiger partial charge in [0.25, 0.3) is 0 Å². The monoisotopic (exact) mass is 332 g/mol. The van der Waals surface area contributed by atoms with Crippen LogP contribution in [0.1, 0.15) is 16.1 Å². The summed E-state index contributed by atoms with van der Waals surface area (Å²) in [7, 11) is 1.70. The summed E-state index contributed by atoms with van der Waals surface area (Å²) in [6.07, 6.45) is 1.38. The summed E-state index contributed by atoms with van der Waals surface area (Å²) in [4.78, 5) is 25.1. The van der Waals surface area contributed by atoms with E-state index in [2.05, 4.69) is 10.4 Å². The molecular formula is C19H16N4O2. The number of nitrogens with zero attached hydrogens (tertiary/aromatic N) is 3. The summed E-state index contributed by atoms with van der Waals surface area (Å²) in [6.45, 7) is 1.72. The Balaban J connectivity index is 1.89. The summed E-state index contributed by atoms with van der Waals surface area (Å²) in [5.41, 5.74) is 1.46. The van der Waals surface area contributed by atoms with Gasteiger partial charge in [-0.1, -0.05) is 36.4 Å². The lowest BCUT2D eigenvalue weighted by Gasteiger charge is -2.11. The summed E-state index contributed by atoms with van der Waals surface area (Å²) in [5.74, 6) is -2.63. The van der Waals surface area contributed by atoms with Crippen molar-refractivity contribution in [2.24, 2.45) is 13.0 Å². The van der Waals surface area contributed by atoms with Gasteiger partial charge in [0.05, 0.1) is 17.8 Å². The van der Waals surface area contributed by atoms with Crippen molar-refractivity contribution in [3.05, 3.63) is 59.9 Å². The van der Waals surface area contributed by atoms with E-state index in [1.165, 1.54) is 10.9 Å². The van der Waals surface area contributed by atoms with E-state index in [4.69, 9.17) is 0 Å². The number of hydrogen-bond acceptors (Lipinski definition) is 4. The topological polar surface area (TPSA) is 87.8 Å². The highest BCUT2D eigenvalue weighted by Crippen LogP contribution is 2.24. The van der Waals surface area contributed by atoms with Gasteiger partial charge in [-0.25, -0.2) is 0 Å². The number of fused-ring (bicyclic) bond motifs is 1. The van der Waals surface area contributed by atoms with Crippen LogP contribution in [0.15, 0.2) is 48.7 Å². The number of rotatable bonds is 4. The quantitative estimate of drug-likeness (QED) is 0.588. The van der Waals surface area contributed by atoms with Gasteiger partial charge >= 0.3 is 0 Å². The third-order valence-electron chi connectivity index (χ3n) is 4.20. The smallest absolute Gasteiger partial charge is 0.249 e. The van der Waals surface area contributed by atoms with Crippen LogP contribution in [-0.4, -0.2) is 21.5 Å². The van der Waals surface area contributed by atoms with Crippen LogP contribution in [-0.2, 0) is 11.8 Å². The molecule has 1 heterocycles. The first kappa shape index (κ1) is 16.4. The van der Waals surface area contributed by atoms with Crippen molar-refractivity contribution in [1.29, 1.82) is 5.26 Å². The molecule has 3 rings (SSSR count). The van der Waals surface area contributed by atoms with Gasteiger partial charge in [0, 0.05) is 23.8 Å². The van der Waals surface area contributed by atoms with Gasteiger partial charge in [-0.3, -0.25) is 14.3 Å². The number of carbonyl (C=O) groups is 2. The van der Waals surface area contributed by atoms with Crippen LogP contribution < -0.4 is 5.32 Å². The van der Waals surface area contributed by atoms with Gasteiger partial charge in [-0.2, -0.15) is 10.4 Å². The molecule has 25 heavy (non-hydrogen) atoms. The van der Waals surface area contributed by atoms with Gasteiger partial charge < -0.3 is 5.32 Å². The van der Waals surface area contributed by atoms with E-state index in [1.54, 1.807) is 26.1 Å². The molecule has 0 aliphatic heterocycles. The predicted octanol–water partition coefficient (Wildman–Crippen LogP) is 2.84. The van der Waals surface area contributed by atoms with Gasteiger partial charge in [-0.15, -0.1) is 0 Å². The van der Waals surface area contributed by atoms with Crippen LogP contribution in [0.4, 0.5) is 5.69 Å². The van der Waals surface area contributed by atoms with Crippen molar-refractivity contribution in [1.82, 2.24) is 9.78 Å². The maximum atomic E-state index is 12.6. The minimum Gasteiger partial charge on any atom is -0.324 e. The molecule has 2 aromatic carbocycles. The normalized spacial score (nSPS) is 11.7. The van der Waals surface area contributed by atoms with Crippen molar-refractivity contribution in [2.75, 3.05) is 5.32 Å². The molecule has 6 heteroatoms. The van der Waals surface area contributed by atoms with Gasteiger partial charge in [-0.05, 0) is 18.4 Å². The number of ketones is 1. The molecule has 0 spiro atoms. The number of aromatic nitrogens is 2. The van der Waals surface area contributed by atoms with Crippen LogP contribution in [0.3, 0.4) is 0 Å². The lowest BCUT2D eigenvalue weighted by Crippen LogP contribution is -2.29. The zero-order chi connectivity index (χ0) is 18.0. The zero-order valence-electron chi connectivity index (χ0n) is 13.9. The first-order valence-corrected chi connectivity index (χ1v) is 7.74. The second-order valence-corrected chi connectivity index (χ2v) is 5.71. The van der Waals surface area contributed by atoms with Crippen LogP contribution in [0.25, 0.3) is 10.8 Å². The SMILES string of the molecule is Cc1c(C(=O)C(C#N)C(=O)Nc2cccc3ccccc23)cnn1C. The van der Waals surface area contributed by atoms with Crippen LogP contribution in [0.5, 0.6) is 0 Å². The molecule has 0 fully saturated rings. The van der Waals surface area contributed by atoms with E-state index >= 15 is 0 Å². The molecule has 0 saturated carbocycles. The molecule has 1 N–H and O–H groups in total. The average molecular weight is 332 g/mol. The van der Waals surface area contributed by atoms with Crippen LogP contribution in [0, 0.1) is 24.2 Å². The lowest BCUT2D eigenvalue weighted by atomic mass is 9.98. The number of benzene rings is 2. The summed E-state index contributed by atoms with van der Waals surface area (Å²) < 4.78 is 1.53. The number of nitriles is 1. The molecule has 0 saturated heterocycles. The Hall–Kier alpha value is -3.46. The zero-order valence-corrected chi connectivity index (χ0v) is 13.9. The molecule has 0 aliphatic carbocycles. The fourth-order valence-electron chi connectivity index (χ4n) is 2.67. The van der Waals surface area contributed by atoms with Gasteiger partial charge in [0.1, 0.15) is 0 Å². The first-order chi connectivity index (χ1) is 12.0. The second kappa shape index (κ2) is 6.57. The Bertz CT molecular complexity index is 1010. The van der Waals surface area contributed by atoms with E-state index in [0.29, 0.717) is 11.4 Å². The first-order valence-electron chi connectivity index (χ1n) is 7.74. The van der Waals surface area contributed by atoms with Crippen molar-refractivity contribution in [3.63, 3.8) is 0 Å². The predicted molar refractivity (Wildman–Crippen MR) is 94.0 cm³/mol. The van der Waals surface area contributed by atoms with Crippen molar-refractivity contribution in [2.45, 2.75) is 6.92 Å². The number of nitrogens with one attached hydrogen (secondary N) is 1. The Kier molecular flexibility index (Phi) is 4.31. The van der Waals surface area contributed by atoms with E-state index < -0.39 is 17.6 Å². The third kappa shape index (κ3) is 3.00. The summed E-state index contributed by atoms with van der Waals surface area (Å²) >= 11 is 0. The van der Waals surface area contributed by atoms with Crippen LogP contribution >= 0.6 is 0 Å². The maximum absolute atomic E-state index is 12.6. The van der Waals surface area contributed by atoms with Crippen molar-refractivity contribution >= 4 is 28.2 Å². The van der Waals surface area contributed by atoms with Crippen molar-refractivity contribution in [3.8, 4) is 6.07 Å². The Morgan fingerprint density at radius 3 is 2.60 bits per heavy atom. The molecule has 0 aliphatic rings. The van der Waals surface area contributed by atoms with Crippen molar-refractivity contribution < 1.29 is 9.59 Å². The molecule has 3 aromatic rings. The number of hydrogen-bond donors (Lipinski definition) is 1. The molecule has 6 nitrogen and oxygen atoms in total. The molecule has 124 valence electrons. The summed E-state index contributed by atoms with van der Waals surface area (Å²) in [5, 5.41) is 17.9. The number of aryl methyl sites for hydroxylation is 1. The van der Waals surface area contributed by atoms with Crippen LogP contribution in [0.2, 0.25) is 0 Å². The number of anilines is 1. The van der Waals surface area contributed by atoms with E-state index in [-0.39, 0.29) is 5.56 Å². The maximum Gasteiger partial charge on any atom is 0.249 e. The van der Waals surface area contributed by atoms with E-state index in [1.807, 2.05) is 36.4 Å². The molecule has 1 atom stereocenters. The Labute approximate surface area is 144 Å². The number of amides is 1. The van der Waals surface area contributed by atoms with E-state index in [0.717, 1.165) is 10.8 Å². The Morgan fingerprint density at radius 2 is 1.92 bits per heavy atom. The molecule has 0 radical (unpaired) electrons. The third-order valence-corrected chi connectivity index (χ3v) is 4.20. The molecular weight excluding hydrogens is 316 g/mol. The highest BCUT2D eigenvalue weighted by molar-refractivity contribution is 6.17. The second-order valence-electron chi connectivity index (χ2n) is 5.71. The molecule has 1 aromatic heterocycles. The standard InChI is InChI=1S/C19H16N4O2/c1-12-16(11-21-23(12)2)18(24)15(10-20)19(25)22-17-9-5-7-13-6-3-4-8-14(13)17/h3-9,11,15H,1-2H3,(H,22,25). The minimum atomic E-state index is -1.43. The average Bonchev–Trinajstić information content (AvgIpc) is 2.95. The van der Waals surface area contributed by atoms with E-state index in [9.17, 15) is 14.9 Å². The highest BCUT2D eigenvalue weighted by atomic mass is 16.2. The number of carbonyl (C=O) groups excluding carboxylic acids is 2.